The number of carbonyl (C=O) groups is 2. The fourth-order valence-corrected chi connectivity index (χ4v) is 9.72. The first-order valence-electron chi connectivity index (χ1n) is 20.9. The molecule has 2 bridgehead atoms. The van der Waals surface area contributed by atoms with Crippen molar-refractivity contribution >= 4 is 39.7 Å². The molecule has 8 rings (SSSR count). The Morgan fingerprint density at radius 3 is 2.48 bits per heavy atom. The highest BCUT2D eigenvalue weighted by Crippen LogP contribution is 2.44. The summed E-state index contributed by atoms with van der Waals surface area (Å²) in [5, 5.41) is 1.58. The van der Waals surface area contributed by atoms with Gasteiger partial charge in [0.25, 0.3) is 0 Å². The SMILES string of the molecule is CCc1c(F)ccc2cc(OCOC)cc(-c3ncc4c(N5C[C@H]6CC[C@@H](C5)N6C(=O)OC(C)(C)C)nc(OC[C@]56CCCN5[C@@H](COC(=O)N(C)C)CC6)nc4c3F)c12. The maximum atomic E-state index is 17.5. The number of fused-ring (bicyclic) bond motifs is 5. The number of aryl methyl sites for hydroxylation is 1. The monoisotopic (exact) mass is 831 g/mol. The molecule has 2 aromatic carbocycles. The van der Waals surface area contributed by atoms with E-state index in [-0.39, 0.29) is 73.1 Å². The van der Waals surface area contributed by atoms with Crippen molar-refractivity contribution in [3.8, 4) is 23.0 Å². The zero-order valence-corrected chi connectivity index (χ0v) is 35.6. The average Bonchev–Trinajstić information content (AvgIpc) is 3.87. The minimum absolute atomic E-state index is 0.00778. The molecule has 4 aromatic rings. The molecule has 4 aliphatic heterocycles. The summed E-state index contributed by atoms with van der Waals surface area (Å²) in [7, 11) is 4.83. The second-order valence-corrected chi connectivity index (χ2v) is 17.7. The van der Waals surface area contributed by atoms with Crippen LogP contribution in [0.4, 0.5) is 24.2 Å². The lowest BCUT2D eigenvalue weighted by Gasteiger charge is -2.42. The molecule has 0 unspecified atom stereocenters. The van der Waals surface area contributed by atoms with Crippen LogP contribution in [0.15, 0.2) is 30.5 Å². The molecule has 2 amide bonds. The summed E-state index contributed by atoms with van der Waals surface area (Å²) in [6.07, 6.45) is 6.30. The number of anilines is 1. The molecule has 14 nitrogen and oxygen atoms in total. The van der Waals surface area contributed by atoms with Crippen LogP contribution in [0, 0.1) is 11.6 Å². The van der Waals surface area contributed by atoms with Gasteiger partial charge in [0.2, 0.25) is 0 Å². The topological polar surface area (TPSA) is 132 Å². The molecule has 4 saturated heterocycles. The molecule has 4 fully saturated rings. The molecule has 0 aliphatic carbocycles. The van der Waals surface area contributed by atoms with Crippen molar-refractivity contribution in [1.29, 1.82) is 0 Å². The quantitative estimate of drug-likeness (QED) is 0.140. The van der Waals surface area contributed by atoms with Crippen LogP contribution in [0.5, 0.6) is 11.8 Å². The first-order valence-corrected chi connectivity index (χ1v) is 20.9. The van der Waals surface area contributed by atoms with Gasteiger partial charge in [-0.3, -0.25) is 14.8 Å². The number of methoxy groups -OCH3 is 1. The predicted molar refractivity (Wildman–Crippen MR) is 221 cm³/mol. The van der Waals surface area contributed by atoms with E-state index in [1.807, 2.05) is 32.6 Å². The fourth-order valence-electron chi connectivity index (χ4n) is 9.72. The number of carbonyl (C=O) groups excluding carboxylic acids is 2. The number of ether oxygens (including phenoxy) is 5. The van der Waals surface area contributed by atoms with E-state index < -0.39 is 17.2 Å². The normalized spacial score (nSPS) is 22.7. The summed E-state index contributed by atoms with van der Waals surface area (Å²) in [6, 6.07) is 6.27. The molecule has 4 aliphatic rings. The number of benzene rings is 2. The second-order valence-electron chi connectivity index (χ2n) is 17.7. The highest BCUT2D eigenvalue weighted by Gasteiger charge is 2.50. The molecule has 322 valence electrons. The number of rotatable bonds is 11. The van der Waals surface area contributed by atoms with Crippen molar-refractivity contribution < 1.29 is 42.1 Å². The van der Waals surface area contributed by atoms with E-state index in [4.69, 9.17) is 38.6 Å². The Morgan fingerprint density at radius 1 is 1.02 bits per heavy atom. The molecular formula is C44H55F2N7O7. The van der Waals surface area contributed by atoms with Gasteiger partial charge in [0.15, 0.2) is 12.6 Å². The van der Waals surface area contributed by atoms with Crippen LogP contribution in [0.2, 0.25) is 0 Å². The smallest absolute Gasteiger partial charge is 0.410 e. The zero-order chi connectivity index (χ0) is 42.5. The number of hydrogen-bond acceptors (Lipinski definition) is 12. The van der Waals surface area contributed by atoms with Gasteiger partial charge in [-0.15, -0.1) is 0 Å². The van der Waals surface area contributed by atoms with E-state index in [2.05, 4.69) is 9.80 Å². The second kappa shape index (κ2) is 16.4. The third-order valence-corrected chi connectivity index (χ3v) is 12.4. The highest BCUT2D eigenvalue weighted by molar-refractivity contribution is 6.02. The van der Waals surface area contributed by atoms with Crippen LogP contribution >= 0.6 is 0 Å². The Hall–Kier alpha value is -5.09. The summed E-state index contributed by atoms with van der Waals surface area (Å²) in [5.41, 5.74) is -0.192. The summed E-state index contributed by atoms with van der Waals surface area (Å²) >= 11 is 0. The molecular weight excluding hydrogens is 777 g/mol. The van der Waals surface area contributed by atoms with E-state index in [0.717, 1.165) is 45.1 Å². The zero-order valence-electron chi connectivity index (χ0n) is 35.6. The number of piperazine rings is 1. The van der Waals surface area contributed by atoms with Crippen LogP contribution < -0.4 is 14.4 Å². The van der Waals surface area contributed by atoms with Crippen LogP contribution in [0.3, 0.4) is 0 Å². The minimum Gasteiger partial charge on any atom is -0.468 e. The van der Waals surface area contributed by atoms with Gasteiger partial charge >= 0.3 is 18.2 Å². The Labute approximate surface area is 349 Å². The van der Waals surface area contributed by atoms with Crippen LogP contribution in [-0.4, -0.2) is 132 Å². The van der Waals surface area contributed by atoms with Crippen LogP contribution in [0.25, 0.3) is 32.9 Å². The molecule has 4 atom stereocenters. The Morgan fingerprint density at radius 2 is 1.78 bits per heavy atom. The summed E-state index contributed by atoms with van der Waals surface area (Å²) < 4.78 is 61.8. The van der Waals surface area contributed by atoms with E-state index in [0.29, 0.717) is 58.4 Å². The Bertz CT molecular complexity index is 2280. The Balaban J connectivity index is 1.19. The minimum atomic E-state index is -0.711. The van der Waals surface area contributed by atoms with Gasteiger partial charge in [0.1, 0.15) is 47.4 Å². The summed E-state index contributed by atoms with van der Waals surface area (Å²) in [6.45, 7) is 9.65. The van der Waals surface area contributed by atoms with Gasteiger partial charge in [0.05, 0.1) is 23.0 Å². The molecule has 6 heterocycles. The molecule has 0 N–H and O–H groups in total. The lowest BCUT2D eigenvalue weighted by atomic mass is 9.94. The van der Waals surface area contributed by atoms with Crippen molar-refractivity contribution in [2.75, 3.05) is 65.7 Å². The lowest BCUT2D eigenvalue weighted by Crippen LogP contribution is -2.57. The molecule has 0 radical (unpaired) electrons. The van der Waals surface area contributed by atoms with Gasteiger partial charge in [-0.2, -0.15) is 9.97 Å². The fraction of sp³-hybridized carbons (Fsp3) is 0.568. The van der Waals surface area contributed by atoms with E-state index in [1.165, 1.54) is 18.1 Å². The number of aromatic nitrogens is 3. The maximum Gasteiger partial charge on any atom is 0.410 e. The molecule has 0 spiro atoms. The predicted octanol–water partition coefficient (Wildman–Crippen LogP) is 7.33. The van der Waals surface area contributed by atoms with Gasteiger partial charge in [-0.25, -0.2) is 18.4 Å². The van der Waals surface area contributed by atoms with Gasteiger partial charge < -0.3 is 33.5 Å². The largest absolute Gasteiger partial charge is 0.468 e. The van der Waals surface area contributed by atoms with Crippen molar-refractivity contribution in [2.45, 2.75) is 102 Å². The number of hydrogen-bond donors (Lipinski definition) is 0. The standard InChI is InChI=1S/C44H55F2N7O7/c1-8-31-34(45)13-10-26-18-30(59-25-56-7)19-32(35(26)31)37-36(46)38-33(20-47-37)39(51-21-27-11-12-28(22-51)53(27)42(55)60-43(2,3)4)49-40(48-38)58-24-44-15-9-17-52(44)29(14-16-44)23-57-41(54)50(5)6/h10,13,18-20,27-29H,8-9,11-12,14-17,21-25H2,1-7H3/t27-,28+,29-,44-/m1/s1. The van der Waals surface area contributed by atoms with Crippen molar-refractivity contribution in [2.24, 2.45) is 0 Å². The third-order valence-electron chi connectivity index (χ3n) is 12.4. The number of amides is 2. The molecule has 2 aromatic heterocycles. The number of halogens is 2. The van der Waals surface area contributed by atoms with Crippen LogP contribution in [-0.2, 0) is 20.6 Å². The average molecular weight is 832 g/mol. The molecule has 16 heteroatoms. The van der Waals surface area contributed by atoms with Crippen molar-refractivity contribution in [3.63, 3.8) is 0 Å². The first-order chi connectivity index (χ1) is 28.7. The molecule has 60 heavy (non-hydrogen) atoms. The first kappa shape index (κ1) is 41.6. The van der Waals surface area contributed by atoms with Gasteiger partial charge in [0, 0.05) is 52.1 Å². The summed E-state index contributed by atoms with van der Waals surface area (Å²) in [5.74, 6) is -0.246. The van der Waals surface area contributed by atoms with E-state index in [1.54, 1.807) is 38.5 Å². The van der Waals surface area contributed by atoms with Gasteiger partial charge in [-0.1, -0.05) is 13.0 Å². The Kier molecular flexibility index (Phi) is 11.4. The van der Waals surface area contributed by atoms with Gasteiger partial charge in [-0.05, 0) is 107 Å². The molecule has 0 saturated carbocycles. The van der Waals surface area contributed by atoms with Crippen molar-refractivity contribution in [3.05, 3.63) is 47.7 Å². The highest BCUT2D eigenvalue weighted by atomic mass is 19.1. The van der Waals surface area contributed by atoms with E-state index in [9.17, 15) is 9.59 Å². The number of pyridine rings is 1. The third kappa shape index (κ3) is 7.83. The van der Waals surface area contributed by atoms with Crippen LogP contribution in [0.1, 0.15) is 71.8 Å². The van der Waals surface area contributed by atoms with E-state index >= 15 is 8.78 Å². The maximum absolute atomic E-state index is 17.5. The van der Waals surface area contributed by atoms with Crippen molar-refractivity contribution in [1.82, 2.24) is 29.7 Å². The lowest BCUT2D eigenvalue weighted by molar-refractivity contribution is 0.0122. The summed E-state index contributed by atoms with van der Waals surface area (Å²) in [4.78, 5) is 47.8. The number of nitrogens with zero attached hydrogens (tertiary/aromatic N) is 7.